The molecule has 1 N–H and O–H groups in total. The number of nitrogens with one attached hydrogen (secondary N) is 1. The molecule has 0 saturated carbocycles. The van der Waals surface area contributed by atoms with Crippen molar-refractivity contribution < 1.29 is 9.18 Å². The summed E-state index contributed by atoms with van der Waals surface area (Å²) < 4.78 is 15.2. The van der Waals surface area contributed by atoms with Crippen LogP contribution in [0.2, 0.25) is 0 Å². The van der Waals surface area contributed by atoms with Gasteiger partial charge in [-0.15, -0.1) is 10.2 Å². The lowest BCUT2D eigenvalue weighted by Gasteiger charge is -2.12. The van der Waals surface area contributed by atoms with Crippen LogP contribution in [-0.2, 0) is 18.7 Å². The molecule has 0 radical (unpaired) electrons. The van der Waals surface area contributed by atoms with Crippen molar-refractivity contribution in [3.63, 3.8) is 0 Å². The molecule has 1 amide bonds. The van der Waals surface area contributed by atoms with Crippen LogP contribution in [0.3, 0.4) is 0 Å². The molecule has 3 aromatic carbocycles. The molecule has 1 heterocycles. The second-order valence-corrected chi connectivity index (χ2v) is 9.76. The van der Waals surface area contributed by atoms with E-state index in [1.165, 1.54) is 42.3 Å². The van der Waals surface area contributed by atoms with E-state index in [-0.39, 0.29) is 18.3 Å². The number of carbonyl (C=O) groups excluding carboxylic acids is 1. The minimum absolute atomic E-state index is 0.144. The molecule has 186 valence electrons. The fourth-order valence-corrected chi connectivity index (χ4v) is 4.78. The Bertz CT molecular complexity index is 1270. The summed E-state index contributed by atoms with van der Waals surface area (Å²) in [6.07, 6.45) is 4.61. The number of halogens is 1. The Morgan fingerprint density at radius 2 is 1.61 bits per heavy atom. The molecule has 4 aromatic rings. The van der Waals surface area contributed by atoms with E-state index < -0.39 is 0 Å². The monoisotopic (exact) mass is 502 g/mol. The number of hydrogen-bond donors (Lipinski definition) is 1. The highest BCUT2D eigenvalue weighted by molar-refractivity contribution is 7.98. The lowest BCUT2D eigenvalue weighted by molar-refractivity contribution is 0.0949. The zero-order valence-electron chi connectivity index (χ0n) is 20.7. The molecule has 0 bridgehead atoms. The van der Waals surface area contributed by atoms with Crippen LogP contribution in [0.5, 0.6) is 0 Å². The summed E-state index contributed by atoms with van der Waals surface area (Å²) in [4.78, 5) is 12.8. The van der Waals surface area contributed by atoms with Gasteiger partial charge >= 0.3 is 0 Å². The normalized spacial score (nSPS) is 11.0. The number of thioether (sulfide) groups is 1. The molecule has 0 aliphatic heterocycles. The number of aryl methyl sites for hydroxylation is 2. The van der Waals surface area contributed by atoms with E-state index in [0.717, 1.165) is 29.7 Å². The van der Waals surface area contributed by atoms with Gasteiger partial charge in [0.15, 0.2) is 11.0 Å². The Morgan fingerprint density at radius 1 is 0.917 bits per heavy atom. The van der Waals surface area contributed by atoms with Gasteiger partial charge < -0.3 is 5.32 Å². The molecule has 0 spiro atoms. The first kappa shape index (κ1) is 25.6. The fourth-order valence-electron chi connectivity index (χ4n) is 3.85. The summed E-state index contributed by atoms with van der Waals surface area (Å²) in [6, 6.07) is 22.4. The van der Waals surface area contributed by atoms with Gasteiger partial charge in [-0.2, -0.15) is 0 Å². The van der Waals surface area contributed by atoms with Gasteiger partial charge in [0, 0.05) is 17.0 Å². The highest BCUT2D eigenvalue weighted by Gasteiger charge is 2.16. The number of carbonyl (C=O) groups is 1. The van der Waals surface area contributed by atoms with E-state index in [1.54, 1.807) is 12.1 Å². The molecule has 4 rings (SSSR count). The first-order valence-corrected chi connectivity index (χ1v) is 13.3. The van der Waals surface area contributed by atoms with Gasteiger partial charge in [-0.05, 0) is 67.3 Å². The number of rotatable bonds is 11. The topological polar surface area (TPSA) is 59.8 Å². The molecule has 36 heavy (non-hydrogen) atoms. The van der Waals surface area contributed by atoms with Gasteiger partial charge in [-0.3, -0.25) is 9.36 Å². The van der Waals surface area contributed by atoms with E-state index >= 15 is 0 Å². The highest BCUT2D eigenvalue weighted by Crippen LogP contribution is 2.26. The number of aromatic nitrogens is 3. The molecular weight excluding hydrogens is 471 g/mol. The summed E-state index contributed by atoms with van der Waals surface area (Å²) in [5.41, 5.74) is 4.95. The van der Waals surface area contributed by atoms with Gasteiger partial charge in [0.25, 0.3) is 5.91 Å². The zero-order chi connectivity index (χ0) is 25.3. The minimum atomic E-state index is -0.254. The maximum absolute atomic E-state index is 13.3. The summed E-state index contributed by atoms with van der Waals surface area (Å²) >= 11 is 1.52. The molecule has 0 fully saturated rings. The van der Waals surface area contributed by atoms with Crippen LogP contribution >= 0.6 is 11.8 Å². The summed E-state index contributed by atoms with van der Waals surface area (Å²) in [6.45, 7) is 4.48. The number of nitrogens with zero attached hydrogens (tertiary/aromatic N) is 3. The van der Waals surface area contributed by atoms with E-state index in [4.69, 9.17) is 0 Å². The quantitative estimate of drug-likeness (QED) is 0.184. The lowest BCUT2D eigenvalue weighted by Crippen LogP contribution is -2.24. The van der Waals surface area contributed by atoms with Crippen molar-refractivity contribution in [1.29, 1.82) is 0 Å². The van der Waals surface area contributed by atoms with E-state index in [1.807, 2.05) is 60.0 Å². The third-order valence-electron chi connectivity index (χ3n) is 5.97. The van der Waals surface area contributed by atoms with Crippen molar-refractivity contribution in [2.45, 2.75) is 57.0 Å². The van der Waals surface area contributed by atoms with Crippen molar-refractivity contribution >= 4 is 17.7 Å². The molecule has 5 nitrogen and oxygen atoms in total. The van der Waals surface area contributed by atoms with Crippen molar-refractivity contribution in [1.82, 2.24) is 20.1 Å². The smallest absolute Gasteiger partial charge is 0.251 e. The second kappa shape index (κ2) is 12.5. The largest absolute Gasteiger partial charge is 0.345 e. The highest BCUT2D eigenvalue weighted by atomic mass is 32.2. The number of unbranched alkanes of at least 4 members (excludes halogenated alkanes) is 2. The number of amides is 1. The Morgan fingerprint density at radius 3 is 2.31 bits per heavy atom. The molecule has 7 heteroatoms. The molecule has 1 aromatic heterocycles. The summed E-state index contributed by atoms with van der Waals surface area (Å²) in [5, 5.41) is 12.5. The van der Waals surface area contributed by atoms with Crippen LogP contribution in [0.4, 0.5) is 4.39 Å². The molecule has 0 atom stereocenters. The third-order valence-corrected chi connectivity index (χ3v) is 6.97. The van der Waals surface area contributed by atoms with Crippen LogP contribution in [0.25, 0.3) is 5.69 Å². The van der Waals surface area contributed by atoms with Crippen molar-refractivity contribution in [2.75, 3.05) is 0 Å². The van der Waals surface area contributed by atoms with Crippen LogP contribution in [0.1, 0.15) is 59.1 Å². The van der Waals surface area contributed by atoms with Gasteiger partial charge in [0.1, 0.15) is 5.82 Å². The molecule has 0 aliphatic carbocycles. The second-order valence-electron chi connectivity index (χ2n) is 8.82. The van der Waals surface area contributed by atoms with Gasteiger partial charge in [0.2, 0.25) is 0 Å². The van der Waals surface area contributed by atoms with Gasteiger partial charge in [-0.1, -0.05) is 73.5 Å². The zero-order valence-corrected chi connectivity index (χ0v) is 21.5. The van der Waals surface area contributed by atoms with E-state index in [9.17, 15) is 9.18 Å². The standard InChI is InChI=1S/C29H31FN4OS/c1-3-4-5-6-22-9-13-24(14-10-22)28(35)31-19-27-32-33-29(34(27)26-17-7-21(2)8-18-26)36-20-23-11-15-25(30)16-12-23/h7-18H,3-6,19-20H2,1-2H3,(H,31,35). The van der Waals surface area contributed by atoms with Crippen LogP contribution in [0, 0.1) is 12.7 Å². The predicted octanol–water partition coefficient (Wildman–Crippen LogP) is 6.67. The predicted molar refractivity (Wildman–Crippen MR) is 143 cm³/mol. The maximum Gasteiger partial charge on any atom is 0.251 e. The minimum Gasteiger partial charge on any atom is -0.345 e. The Hall–Kier alpha value is -3.45. The van der Waals surface area contributed by atoms with Crippen LogP contribution in [-0.4, -0.2) is 20.7 Å². The first-order valence-electron chi connectivity index (χ1n) is 12.3. The third kappa shape index (κ3) is 6.82. The van der Waals surface area contributed by atoms with Crippen molar-refractivity contribution in [2.24, 2.45) is 0 Å². The number of benzene rings is 3. The van der Waals surface area contributed by atoms with Gasteiger partial charge in [-0.25, -0.2) is 4.39 Å². The Balaban J connectivity index is 1.47. The van der Waals surface area contributed by atoms with Crippen LogP contribution in [0.15, 0.2) is 78.0 Å². The number of hydrogen-bond acceptors (Lipinski definition) is 4. The average molecular weight is 503 g/mol. The maximum atomic E-state index is 13.3. The summed E-state index contributed by atoms with van der Waals surface area (Å²) in [7, 11) is 0. The average Bonchev–Trinajstić information content (AvgIpc) is 3.30. The molecule has 0 aliphatic rings. The molecule has 0 unspecified atom stereocenters. The van der Waals surface area contributed by atoms with Crippen molar-refractivity contribution in [3.05, 3.63) is 107 Å². The lowest BCUT2D eigenvalue weighted by atomic mass is 10.1. The Kier molecular flexibility index (Phi) is 8.90. The van der Waals surface area contributed by atoms with E-state index in [0.29, 0.717) is 22.3 Å². The van der Waals surface area contributed by atoms with Crippen LogP contribution < -0.4 is 5.32 Å². The van der Waals surface area contributed by atoms with E-state index in [2.05, 4.69) is 22.4 Å². The summed E-state index contributed by atoms with van der Waals surface area (Å²) in [5.74, 6) is 0.871. The molecule has 0 saturated heterocycles. The molecular formula is C29H31FN4OS. The van der Waals surface area contributed by atoms with Crippen molar-refractivity contribution in [3.8, 4) is 5.69 Å². The SMILES string of the molecule is CCCCCc1ccc(C(=O)NCc2nnc(SCc3ccc(F)cc3)n2-c2ccc(C)cc2)cc1. The fraction of sp³-hybridized carbons (Fsp3) is 0.276. The van der Waals surface area contributed by atoms with Gasteiger partial charge in [0.05, 0.1) is 6.54 Å². The Labute approximate surface area is 216 Å². The first-order chi connectivity index (χ1) is 17.5.